The van der Waals surface area contributed by atoms with E-state index < -0.39 is 49.8 Å². The summed E-state index contributed by atoms with van der Waals surface area (Å²) in [7, 11) is 1.41. The summed E-state index contributed by atoms with van der Waals surface area (Å²) in [6, 6.07) is 0. The van der Waals surface area contributed by atoms with Crippen LogP contribution in [-0.2, 0) is 4.79 Å². The van der Waals surface area contributed by atoms with Gasteiger partial charge < -0.3 is 40.6 Å². The Morgan fingerprint density at radius 2 is 1.48 bits per heavy atom. The van der Waals surface area contributed by atoms with Crippen molar-refractivity contribution in [3.8, 4) is 0 Å². The number of rotatable bonds is 11. The predicted molar refractivity (Wildman–Crippen MR) is 145 cm³/mol. The van der Waals surface area contributed by atoms with Crippen LogP contribution < -0.4 is 10.2 Å². The third kappa shape index (κ3) is 7.31. The van der Waals surface area contributed by atoms with Gasteiger partial charge in [0.25, 0.3) is 17.7 Å². The van der Waals surface area contributed by atoms with E-state index in [9.17, 15) is 39.9 Å². The second-order valence-corrected chi connectivity index (χ2v) is 10.1. The van der Waals surface area contributed by atoms with Crippen molar-refractivity contribution < 1.29 is 39.9 Å². The Balaban J connectivity index is 3.93. The molecule has 1 rings (SSSR count). The van der Waals surface area contributed by atoms with Gasteiger partial charge in [0.1, 0.15) is 6.10 Å². The first-order valence-electron chi connectivity index (χ1n) is 9.70. The third-order valence-corrected chi connectivity index (χ3v) is 7.66. The molecule has 33 heavy (non-hydrogen) atoms. The second-order valence-electron chi connectivity index (χ2n) is 6.82. The van der Waals surface area contributed by atoms with Gasteiger partial charge in [-0.15, -0.1) is 0 Å². The summed E-state index contributed by atoms with van der Waals surface area (Å²) in [6.45, 7) is -0.789. The Labute approximate surface area is 231 Å². The Morgan fingerprint density at radius 1 is 0.939 bits per heavy atom. The van der Waals surface area contributed by atoms with E-state index in [0.717, 1.165) is 9.80 Å². The van der Waals surface area contributed by atoms with Crippen molar-refractivity contribution in [2.45, 2.75) is 19.1 Å². The highest BCUT2D eigenvalue weighted by Gasteiger charge is 2.34. The van der Waals surface area contributed by atoms with Crippen molar-refractivity contribution in [3.05, 3.63) is 21.8 Å². The van der Waals surface area contributed by atoms with Crippen molar-refractivity contribution in [1.29, 1.82) is 0 Å². The number of halogens is 3. The molecule has 3 amide bonds. The minimum Gasteiger partial charge on any atom is -0.395 e. The van der Waals surface area contributed by atoms with Crippen LogP contribution in [0.15, 0.2) is 0 Å². The lowest BCUT2D eigenvalue weighted by atomic mass is 10.1. The Hall–Kier alpha value is -0.380. The zero-order valence-corrected chi connectivity index (χ0v) is 24.4. The molecular weight excluding hydrogens is 779 g/mol. The molecule has 0 bridgehead atoms. The maximum atomic E-state index is 13.5. The zero-order valence-electron chi connectivity index (χ0n) is 17.9. The van der Waals surface area contributed by atoms with Gasteiger partial charge >= 0.3 is 0 Å². The highest BCUT2D eigenvalue weighted by Crippen LogP contribution is 2.38. The number of nitrogens with one attached hydrogen (secondary N) is 1. The van der Waals surface area contributed by atoms with Gasteiger partial charge in [-0.3, -0.25) is 14.4 Å². The summed E-state index contributed by atoms with van der Waals surface area (Å²) in [4.78, 5) is 41.2. The van der Waals surface area contributed by atoms with Crippen molar-refractivity contribution in [2.24, 2.45) is 0 Å². The maximum absolute atomic E-state index is 13.5. The molecule has 0 aromatic heterocycles. The van der Waals surface area contributed by atoms with E-state index in [1.165, 1.54) is 14.0 Å². The highest BCUT2D eigenvalue weighted by atomic mass is 127. The number of carbonyl (C=O) groups excluding carboxylic acids is 3. The fourth-order valence-electron chi connectivity index (χ4n) is 2.92. The quantitative estimate of drug-likeness (QED) is 0.161. The molecule has 14 heteroatoms. The molecule has 186 valence electrons. The van der Waals surface area contributed by atoms with Crippen LogP contribution in [0, 0.1) is 10.7 Å². The smallest absolute Gasteiger partial charge is 0.256 e. The molecule has 0 heterocycles. The molecule has 2 unspecified atom stereocenters. The molecule has 1 aromatic rings. The number of hydrogen-bond acceptors (Lipinski definition) is 8. The second kappa shape index (κ2) is 14.2. The molecule has 0 spiro atoms. The first-order chi connectivity index (χ1) is 15.5. The molecule has 0 aliphatic heterocycles. The molecule has 0 aliphatic rings. The summed E-state index contributed by atoms with van der Waals surface area (Å²) in [5.74, 6) is -1.89. The van der Waals surface area contributed by atoms with Crippen LogP contribution in [-0.4, -0.2) is 107 Å². The van der Waals surface area contributed by atoms with Gasteiger partial charge in [-0.05, 0) is 74.7 Å². The number of anilines is 1. The van der Waals surface area contributed by atoms with E-state index in [-0.39, 0.29) is 43.6 Å². The number of nitrogens with zero attached hydrogens (tertiary/aromatic N) is 2. The lowest BCUT2D eigenvalue weighted by Crippen LogP contribution is -2.43. The molecule has 0 radical (unpaired) electrons. The third-order valence-electron chi connectivity index (χ3n) is 4.48. The fourth-order valence-corrected chi connectivity index (χ4v) is 7.62. The van der Waals surface area contributed by atoms with Crippen LogP contribution in [0.3, 0.4) is 0 Å². The molecule has 0 saturated carbocycles. The van der Waals surface area contributed by atoms with Crippen LogP contribution in [0.4, 0.5) is 5.69 Å². The van der Waals surface area contributed by atoms with Crippen LogP contribution in [0.25, 0.3) is 0 Å². The number of hydrogen-bond donors (Lipinski definition) is 6. The standard InChI is InChI=1S/C19H26I3N3O8/c1-9(29)18(32)25(4-6-27)16-14(21)11(17(31)23-2)13(20)12(15(16)22)19(33)24(3-5-26)7-10(30)8-28/h9-10,26-30H,3-8H2,1-2H3,(H,23,31). The summed E-state index contributed by atoms with van der Waals surface area (Å²) in [6.07, 6.45) is -2.66. The number of aliphatic hydroxyl groups excluding tert-OH is 5. The van der Waals surface area contributed by atoms with Gasteiger partial charge in [0, 0.05) is 30.3 Å². The van der Waals surface area contributed by atoms with Crippen molar-refractivity contribution in [2.75, 3.05) is 51.4 Å². The fraction of sp³-hybridized carbons (Fsp3) is 0.526. The first-order valence-corrected chi connectivity index (χ1v) is 12.9. The van der Waals surface area contributed by atoms with E-state index in [0.29, 0.717) is 3.57 Å². The zero-order chi connectivity index (χ0) is 25.5. The van der Waals surface area contributed by atoms with Gasteiger partial charge in [0.05, 0.1) is 49.9 Å². The summed E-state index contributed by atoms with van der Waals surface area (Å²) in [5, 5.41) is 50.4. The molecule has 1 aromatic carbocycles. The number of carbonyl (C=O) groups is 3. The van der Waals surface area contributed by atoms with Crippen LogP contribution >= 0.6 is 67.8 Å². The van der Waals surface area contributed by atoms with Gasteiger partial charge in [-0.1, -0.05) is 0 Å². The molecule has 11 nitrogen and oxygen atoms in total. The van der Waals surface area contributed by atoms with Crippen LogP contribution in [0.5, 0.6) is 0 Å². The monoisotopic (exact) mass is 805 g/mol. The lowest BCUT2D eigenvalue weighted by molar-refractivity contribution is -0.125. The molecule has 6 N–H and O–H groups in total. The van der Waals surface area contributed by atoms with E-state index in [2.05, 4.69) is 5.32 Å². The van der Waals surface area contributed by atoms with Gasteiger partial charge in [0.2, 0.25) is 0 Å². The SMILES string of the molecule is CNC(=O)c1c(I)c(C(=O)N(CCO)CC(O)CO)c(I)c(N(CCO)C(=O)C(C)O)c1I. The lowest BCUT2D eigenvalue weighted by Gasteiger charge is -2.30. The minimum atomic E-state index is -1.41. The Kier molecular flexibility index (Phi) is 13.2. The molecule has 0 aliphatic carbocycles. The van der Waals surface area contributed by atoms with Crippen LogP contribution in [0.2, 0.25) is 0 Å². The van der Waals surface area contributed by atoms with Crippen molar-refractivity contribution in [3.63, 3.8) is 0 Å². The normalized spacial score (nSPS) is 12.8. The summed E-state index contributed by atoms with van der Waals surface area (Å²) < 4.78 is 0.899. The largest absolute Gasteiger partial charge is 0.395 e. The van der Waals surface area contributed by atoms with Crippen molar-refractivity contribution >= 4 is 91.2 Å². The molecule has 2 atom stereocenters. The first kappa shape index (κ1) is 30.7. The predicted octanol–water partition coefficient (Wildman–Crippen LogP) is -0.646. The van der Waals surface area contributed by atoms with Gasteiger partial charge in [-0.25, -0.2) is 0 Å². The van der Waals surface area contributed by atoms with Gasteiger partial charge in [-0.2, -0.15) is 0 Å². The summed E-state index contributed by atoms with van der Waals surface area (Å²) >= 11 is 5.58. The number of benzene rings is 1. The topological polar surface area (TPSA) is 171 Å². The van der Waals surface area contributed by atoms with E-state index in [1.807, 2.05) is 67.8 Å². The minimum absolute atomic E-state index is 0.0464. The maximum Gasteiger partial charge on any atom is 0.256 e. The molecule has 0 saturated heterocycles. The summed E-state index contributed by atoms with van der Waals surface area (Å²) in [5.41, 5.74) is 0.334. The van der Waals surface area contributed by atoms with E-state index >= 15 is 0 Å². The van der Waals surface area contributed by atoms with Crippen LogP contribution in [0.1, 0.15) is 27.6 Å². The Bertz CT molecular complexity index is 885. The highest BCUT2D eigenvalue weighted by molar-refractivity contribution is 14.1. The average molecular weight is 805 g/mol. The van der Waals surface area contributed by atoms with Gasteiger partial charge in [0.15, 0.2) is 0 Å². The number of amides is 3. The Morgan fingerprint density at radius 3 is 1.94 bits per heavy atom. The molecular formula is C19H26I3N3O8. The average Bonchev–Trinajstić information content (AvgIpc) is 2.76. The van der Waals surface area contributed by atoms with E-state index in [4.69, 9.17) is 0 Å². The van der Waals surface area contributed by atoms with Crippen molar-refractivity contribution in [1.82, 2.24) is 10.2 Å². The van der Waals surface area contributed by atoms with E-state index in [1.54, 1.807) is 0 Å². The number of aliphatic hydroxyl groups is 5. The molecule has 0 fully saturated rings.